The van der Waals surface area contributed by atoms with Crippen molar-refractivity contribution >= 4 is 35.0 Å². The molecule has 0 aromatic heterocycles. The summed E-state index contributed by atoms with van der Waals surface area (Å²) in [5.41, 5.74) is 4.07. The van der Waals surface area contributed by atoms with Gasteiger partial charge in [0.05, 0.1) is 5.92 Å². The average molecular weight is 422 g/mol. The molecule has 0 saturated carbocycles. The lowest BCUT2D eigenvalue weighted by atomic mass is 9.78. The lowest BCUT2D eigenvalue weighted by molar-refractivity contribution is -0.136. The predicted octanol–water partition coefficient (Wildman–Crippen LogP) is 3.90. The number of thioether (sulfide) groups is 1. The lowest BCUT2D eigenvalue weighted by Gasteiger charge is -2.36. The highest BCUT2D eigenvalue weighted by Crippen LogP contribution is 2.57. The lowest BCUT2D eigenvalue weighted by Crippen LogP contribution is -2.55. The Kier molecular flexibility index (Phi) is 4.67. The summed E-state index contributed by atoms with van der Waals surface area (Å²) in [6.45, 7) is 6.67. The van der Waals surface area contributed by atoms with E-state index in [-0.39, 0.29) is 17.9 Å². The second kappa shape index (κ2) is 7.13. The van der Waals surface area contributed by atoms with Gasteiger partial charge in [-0.3, -0.25) is 14.5 Å². The molecule has 0 bridgehead atoms. The van der Waals surface area contributed by atoms with E-state index in [4.69, 9.17) is 0 Å². The van der Waals surface area contributed by atoms with Crippen molar-refractivity contribution in [3.8, 4) is 0 Å². The Morgan fingerprint density at radius 2 is 1.93 bits per heavy atom. The second-order valence-electron chi connectivity index (χ2n) is 8.61. The van der Waals surface area contributed by atoms with Gasteiger partial charge in [-0.25, -0.2) is 0 Å². The van der Waals surface area contributed by atoms with Crippen LogP contribution in [0.3, 0.4) is 0 Å². The number of hydrogen-bond donors (Lipinski definition) is 1. The van der Waals surface area contributed by atoms with Crippen LogP contribution in [0.4, 0.5) is 11.4 Å². The van der Waals surface area contributed by atoms with Crippen molar-refractivity contribution in [2.75, 3.05) is 28.4 Å². The quantitative estimate of drug-likeness (QED) is 0.817. The highest BCUT2D eigenvalue weighted by Gasteiger charge is 2.67. The Bertz CT molecular complexity index is 1020. The van der Waals surface area contributed by atoms with E-state index >= 15 is 0 Å². The summed E-state index contributed by atoms with van der Waals surface area (Å²) < 4.78 is 0. The van der Waals surface area contributed by atoms with Gasteiger partial charge < -0.3 is 10.2 Å². The Balaban J connectivity index is 1.60. The molecule has 5 rings (SSSR count). The van der Waals surface area contributed by atoms with Crippen molar-refractivity contribution in [2.24, 2.45) is 5.92 Å². The number of nitrogens with zero attached hydrogens (tertiary/aromatic N) is 2. The van der Waals surface area contributed by atoms with Gasteiger partial charge >= 0.3 is 0 Å². The third-order valence-electron chi connectivity index (χ3n) is 6.75. The Labute approximate surface area is 181 Å². The van der Waals surface area contributed by atoms with Crippen LogP contribution in [0.2, 0.25) is 0 Å². The fraction of sp³-hybridized carbons (Fsp3) is 0.417. The molecule has 6 heteroatoms. The normalized spacial score (nSPS) is 27.6. The van der Waals surface area contributed by atoms with Crippen LogP contribution < -0.4 is 10.2 Å². The minimum atomic E-state index is -0.899. The first-order valence-corrected chi connectivity index (χ1v) is 11.8. The molecule has 2 aromatic rings. The first-order valence-electron chi connectivity index (χ1n) is 10.6. The molecule has 5 nitrogen and oxygen atoms in total. The van der Waals surface area contributed by atoms with E-state index in [0.29, 0.717) is 13.0 Å². The SMILES string of the molecule is CCN1C(=O)[C@]2(c3ccccc31)[C@H](C(=O)Nc1cc(C)cc(C)c1)C[C@H]1CSCN12. The maximum atomic E-state index is 13.9. The van der Waals surface area contributed by atoms with E-state index in [1.54, 1.807) is 0 Å². The average Bonchev–Trinajstić information content (AvgIpc) is 3.34. The summed E-state index contributed by atoms with van der Waals surface area (Å²) in [7, 11) is 0. The fourth-order valence-corrected chi connectivity index (χ4v) is 6.98. The number of hydrogen-bond acceptors (Lipinski definition) is 4. The molecule has 0 aliphatic carbocycles. The van der Waals surface area contributed by atoms with Gasteiger partial charge in [-0.2, -0.15) is 0 Å². The molecule has 1 N–H and O–H groups in total. The minimum absolute atomic E-state index is 0.0526. The molecule has 30 heavy (non-hydrogen) atoms. The molecule has 0 radical (unpaired) electrons. The van der Waals surface area contributed by atoms with Gasteiger partial charge in [0.1, 0.15) is 5.54 Å². The van der Waals surface area contributed by atoms with Gasteiger partial charge in [0.15, 0.2) is 0 Å². The summed E-state index contributed by atoms with van der Waals surface area (Å²) in [4.78, 5) is 31.8. The summed E-state index contributed by atoms with van der Waals surface area (Å²) in [5, 5.41) is 3.15. The van der Waals surface area contributed by atoms with Gasteiger partial charge in [-0.15, -0.1) is 11.8 Å². The van der Waals surface area contributed by atoms with Gasteiger partial charge in [0, 0.05) is 41.2 Å². The second-order valence-corrected chi connectivity index (χ2v) is 9.61. The van der Waals surface area contributed by atoms with Gasteiger partial charge in [-0.05, 0) is 56.5 Å². The van der Waals surface area contributed by atoms with Crippen LogP contribution in [0.25, 0.3) is 0 Å². The molecule has 2 saturated heterocycles. The molecule has 2 amide bonds. The minimum Gasteiger partial charge on any atom is -0.326 e. The number of fused-ring (bicyclic) bond motifs is 4. The van der Waals surface area contributed by atoms with E-state index in [9.17, 15) is 9.59 Å². The Morgan fingerprint density at radius 3 is 2.67 bits per heavy atom. The van der Waals surface area contributed by atoms with Crippen molar-refractivity contribution in [1.82, 2.24) is 4.90 Å². The zero-order valence-electron chi connectivity index (χ0n) is 17.6. The van der Waals surface area contributed by atoms with E-state index in [1.807, 2.05) is 73.8 Å². The summed E-state index contributed by atoms with van der Waals surface area (Å²) in [5.74, 6) is 1.35. The number of likely N-dealkylation sites (N-methyl/N-ethyl adjacent to an activating group) is 1. The van der Waals surface area contributed by atoms with Gasteiger partial charge in [0.25, 0.3) is 5.91 Å². The number of nitrogens with one attached hydrogen (secondary N) is 1. The van der Waals surface area contributed by atoms with Crippen LogP contribution in [0, 0.1) is 19.8 Å². The standard InChI is InChI=1S/C24H27N3O2S/c1-4-26-21-8-6-5-7-19(21)24(23(26)29)20(12-18-13-30-14-27(18)24)22(28)25-17-10-15(2)9-16(3)11-17/h5-11,18,20H,4,12-14H2,1-3H3,(H,25,28)/t18-,20-,24-/m0/s1. The Hall–Kier alpha value is -2.31. The molecule has 2 aromatic carbocycles. The predicted molar refractivity (Wildman–Crippen MR) is 122 cm³/mol. The molecule has 3 aliphatic heterocycles. The van der Waals surface area contributed by atoms with Crippen LogP contribution in [-0.4, -0.2) is 40.9 Å². The molecule has 156 valence electrons. The zero-order valence-corrected chi connectivity index (χ0v) is 18.5. The number of rotatable bonds is 3. The highest BCUT2D eigenvalue weighted by molar-refractivity contribution is 7.99. The molecule has 0 unspecified atom stereocenters. The first kappa shape index (κ1) is 19.6. The monoisotopic (exact) mass is 421 g/mol. The molecule has 2 fully saturated rings. The topological polar surface area (TPSA) is 52.7 Å². The smallest absolute Gasteiger partial charge is 0.253 e. The van der Waals surface area contributed by atoms with E-state index in [0.717, 1.165) is 39.7 Å². The summed E-state index contributed by atoms with van der Waals surface area (Å²) in [6, 6.07) is 14.4. The number of anilines is 2. The van der Waals surface area contributed by atoms with Crippen molar-refractivity contribution < 1.29 is 9.59 Å². The molecule has 1 spiro atoms. The van der Waals surface area contributed by atoms with E-state index in [1.165, 1.54) is 0 Å². The molecule has 3 atom stereocenters. The number of aryl methyl sites for hydroxylation is 2. The third-order valence-corrected chi connectivity index (χ3v) is 7.83. The summed E-state index contributed by atoms with van der Waals surface area (Å²) in [6.07, 6.45) is 0.710. The number of benzene rings is 2. The van der Waals surface area contributed by atoms with Crippen LogP contribution >= 0.6 is 11.8 Å². The molecular weight excluding hydrogens is 394 g/mol. The zero-order chi connectivity index (χ0) is 21.0. The summed E-state index contributed by atoms with van der Waals surface area (Å²) >= 11 is 1.86. The number of carbonyl (C=O) groups excluding carboxylic acids is 2. The van der Waals surface area contributed by atoms with Crippen LogP contribution in [0.15, 0.2) is 42.5 Å². The van der Waals surface area contributed by atoms with Crippen LogP contribution in [-0.2, 0) is 15.1 Å². The first-order chi connectivity index (χ1) is 14.5. The van der Waals surface area contributed by atoms with Crippen molar-refractivity contribution in [2.45, 2.75) is 38.8 Å². The van der Waals surface area contributed by atoms with Gasteiger partial charge in [0.2, 0.25) is 5.91 Å². The number of para-hydroxylation sites is 1. The van der Waals surface area contributed by atoms with Crippen molar-refractivity contribution in [3.05, 3.63) is 59.2 Å². The fourth-order valence-electron chi connectivity index (χ4n) is 5.67. The molecular formula is C24H27N3O2S. The number of carbonyl (C=O) groups is 2. The van der Waals surface area contributed by atoms with E-state index < -0.39 is 11.5 Å². The van der Waals surface area contributed by atoms with Crippen LogP contribution in [0.5, 0.6) is 0 Å². The van der Waals surface area contributed by atoms with Gasteiger partial charge in [-0.1, -0.05) is 24.3 Å². The molecule has 3 aliphatic rings. The van der Waals surface area contributed by atoms with E-state index in [2.05, 4.69) is 16.3 Å². The third kappa shape index (κ3) is 2.66. The van der Waals surface area contributed by atoms with Crippen molar-refractivity contribution in [1.29, 1.82) is 0 Å². The molecule has 3 heterocycles. The number of amides is 2. The maximum absolute atomic E-state index is 13.9. The van der Waals surface area contributed by atoms with Crippen molar-refractivity contribution in [3.63, 3.8) is 0 Å². The van der Waals surface area contributed by atoms with Crippen LogP contribution in [0.1, 0.15) is 30.0 Å². The maximum Gasteiger partial charge on any atom is 0.253 e. The Morgan fingerprint density at radius 1 is 1.20 bits per heavy atom. The highest BCUT2D eigenvalue weighted by atomic mass is 32.2. The largest absolute Gasteiger partial charge is 0.326 e.